The minimum absolute atomic E-state index is 0.193. The summed E-state index contributed by atoms with van der Waals surface area (Å²) in [5.74, 6) is -1.50. The highest BCUT2D eigenvalue weighted by Gasteiger charge is 2.48. The van der Waals surface area contributed by atoms with Gasteiger partial charge in [-0.3, -0.25) is 0 Å². The van der Waals surface area contributed by atoms with Crippen LogP contribution in [0.2, 0.25) is 10.0 Å². The highest BCUT2D eigenvalue weighted by molar-refractivity contribution is 6.38. The highest BCUT2D eigenvalue weighted by atomic mass is 35.5. The van der Waals surface area contributed by atoms with Crippen molar-refractivity contribution in [2.24, 2.45) is 0 Å². The van der Waals surface area contributed by atoms with Gasteiger partial charge in [-0.25, -0.2) is 4.79 Å². The molecule has 11 heteroatoms. The van der Waals surface area contributed by atoms with Crippen molar-refractivity contribution in [1.29, 1.82) is 0 Å². The van der Waals surface area contributed by atoms with E-state index in [1.165, 1.54) is 12.1 Å². The summed E-state index contributed by atoms with van der Waals surface area (Å²) in [6.07, 6.45) is -9.37. The second kappa shape index (κ2) is 9.32. The largest absolute Gasteiger partial charge is 0.479 e. The van der Waals surface area contributed by atoms with Gasteiger partial charge in [0.05, 0.1) is 21.8 Å². The Kier molecular flexibility index (Phi) is 7.74. The van der Waals surface area contributed by atoms with Gasteiger partial charge in [0.25, 0.3) is 0 Å². The van der Waals surface area contributed by atoms with Crippen molar-refractivity contribution in [3.05, 3.63) is 27.7 Å². The maximum absolute atomic E-state index is 11.3. The number of ether oxygens (including phenoxy) is 2. The van der Waals surface area contributed by atoms with Crippen LogP contribution in [0.5, 0.6) is 0 Å². The third kappa shape index (κ3) is 5.93. The lowest BCUT2D eigenvalue weighted by Crippen LogP contribution is -2.60. The number of hydrogen-bond donors (Lipinski definition) is 6. The summed E-state index contributed by atoms with van der Waals surface area (Å²) in [6, 6.07) is 3.07. The molecule has 1 aliphatic heterocycles. The van der Waals surface area contributed by atoms with Gasteiger partial charge in [0.1, 0.15) is 18.3 Å². The van der Waals surface area contributed by atoms with Gasteiger partial charge in [0.2, 0.25) is 0 Å². The molecule has 0 spiro atoms. The van der Waals surface area contributed by atoms with Crippen LogP contribution in [-0.4, -0.2) is 69.2 Å². The molecule has 0 aromatic heterocycles. The molecule has 0 amide bonds. The number of nitrogens with one attached hydrogen (secondary N) is 1. The lowest BCUT2D eigenvalue weighted by atomic mass is 9.98. The van der Waals surface area contributed by atoms with E-state index in [9.17, 15) is 25.2 Å². The average molecular weight is 453 g/mol. The number of carboxylic acid groups (broad SMARTS) is 1. The lowest BCUT2D eigenvalue weighted by Gasteiger charge is -2.40. The van der Waals surface area contributed by atoms with E-state index in [0.29, 0.717) is 5.56 Å². The molecular formula is C18H26Cl2N2O7. The first-order chi connectivity index (χ1) is 13.3. The lowest BCUT2D eigenvalue weighted by molar-refractivity contribution is -0.305. The normalized spacial score (nSPS) is 28.9. The van der Waals surface area contributed by atoms with Crippen LogP contribution in [0.25, 0.3) is 0 Å². The number of carbonyl (C=O) groups is 1. The van der Waals surface area contributed by atoms with Crippen molar-refractivity contribution in [3.63, 3.8) is 0 Å². The molecule has 6 atom stereocenters. The Morgan fingerprint density at radius 2 is 1.76 bits per heavy atom. The molecule has 1 aromatic carbocycles. The van der Waals surface area contributed by atoms with Gasteiger partial charge < -0.3 is 41.0 Å². The number of nitrogens with two attached hydrogens (primary N) is 1. The smallest absolute Gasteiger partial charge is 0.335 e. The molecule has 0 aliphatic carbocycles. The van der Waals surface area contributed by atoms with E-state index in [1.807, 2.05) is 20.8 Å². The van der Waals surface area contributed by atoms with Crippen LogP contribution in [0.1, 0.15) is 32.4 Å². The molecule has 9 nitrogen and oxygen atoms in total. The van der Waals surface area contributed by atoms with Gasteiger partial charge in [-0.1, -0.05) is 23.2 Å². The van der Waals surface area contributed by atoms with Gasteiger partial charge in [-0.15, -0.1) is 0 Å². The van der Waals surface area contributed by atoms with E-state index in [1.54, 1.807) is 0 Å². The third-order valence-corrected chi connectivity index (χ3v) is 5.03. The minimum Gasteiger partial charge on any atom is -0.479 e. The number of carboxylic acids is 1. The number of anilines is 1. The van der Waals surface area contributed by atoms with Crippen molar-refractivity contribution in [2.75, 3.05) is 12.3 Å². The van der Waals surface area contributed by atoms with Gasteiger partial charge in [0, 0.05) is 12.1 Å². The summed E-state index contributed by atoms with van der Waals surface area (Å²) >= 11 is 12.2. The number of aliphatic hydroxyl groups is 3. The van der Waals surface area contributed by atoms with Gasteiger partial charge in [0.15, 0.2) is 12.4 Å². The fourth-order valence-corrected chi connectivity index (χ4v) is 3.26. The molecule has 2 rings (SSSR count). The van der Waals surface area contributed by atoms with Crippen LogP contribution in [0.15, 0.2) is 12.1 Å². The SMILES string of the molecule is CC(C)(C)NCC(O[C@@H]1O[C@H](C(=O)O)[C@@H](O)[C@H](O)[C@H]1O)c1cc(Cl)c(N)c(Cl)c1. The number of hydrogen-bond acceptors (Lipinski definition) is 8. The van der Waals surface area contributed by atoms with Crippen molar-refractivity contribution in [2.45, 2.75) is 63.1 Å². The van der Waals surface area contributed by atoms with E-state index in [2.05, 4.69) is 5.32 Å². The molecule has 1 heterocycles. The Hall–Kier alpha value is -1.17. The Labute approximate surface area is 178 Å². The molecule has 1 saturated heterocycles. The van der Waals surface area contributed by atoms with Gasteiger partial charge in [-0.05, 0) is 38.5 Å². The van der Waals surface area contributed by atoms with Crippen LogP contribution < -0.4 is 11.1 Å². The molecule has 1 fully saturated rings. The summed E-state index contributed by atoms with van der Waals surface area (Å²) in [5, 5.41) is 42.9. The highest BCUT2D eigenvalue weighted by Crippen LogP contribution is 2.34. The Morgan fingerprint density at radius 1 is 1.21 bits per heavy atom. The van der Waals surface area contributed by atoms with Crippen LogP contribution in [0, 0.1) is 0 Å². The monoisotopic (exact) mass is 452 g/mol. The first kappa shape index (κ1) is 24.1. The van der Waals surface area contributed by atoms with E-state index in [4.69, 9.17) is 38.4 Å². The minimum atomic E-state index is -1.81. The van der Waals surface area contributed by atoms with E-state index in [0.717, 1.165) is 0 Å². The number of aliphatic hydroxyl groups excluding tert-OH is 3. The van der Waals surface area contributed by atoms with Crippen LogP contribution in [0.4, 0.5) is 5.69 Å². The second-order valence-corrected chi connectivity index (χ2v) is 8.70. The number of rotatable bonds is 6. The molecule has 7 N–H and O–H groups in total. The summed E-state index contributed by atoms with van der Waals surface area (Å²) in [7, 11) is 0. The van der Waals surface area contributed by atoms with Crippen molar-refractivity contribution in [1.82, 2.24) is 5.32 Å². The quantitative estimate of drug-likeness (QED) is 0.345. The van der Waals surface area contributed by atoms with Crippen LogP contribution in [0.3, 0.4) is 0 Å². The molecule has 1 aromatic rings. The first-order valence-electron chi connectivity index (χ1n) is 8.89. The topological polar surface area (TPSA) is 155 Å². The Balaban J connectivity index is 2.32. The van der Waals surface area contributed by atoms with Crippen molar-refractivity contribution >= 4 is 34.9 Å². The van der Waals surface area contributed by atoms with Gasteiger partial charge >= 0.3 is 5.97 Å². The zero-order chi connectivity index (χ0) is 22.1. The third-order valence-electron chi connectivity index (χ3n) is 4.40. The zero-order valence-electron chi connectivity index (χ0n) is 16.2. The van der Waals surface area contributed by atoms with Crippen LogP contribution in [-0.2, 0) is 14.3 Å². The average Bonchev–Trinajstić information content (AvgIpc) is 2.61. The van der Waals surface area contributed by atoms with E-state index < -0.39 is 42.8 Å². The van der Waals surface area contributed by atoms with E-state index >= 15 is 0 Å². The fourth-order valence-electron chi connectivity index (χ4n) is 2.76. The second-order valence-electron chi connectivity index (χ2n) is 7.89. The fraction of sp³-hybridized carbons (Fsp3) is 0.611. The molecule has 0 radical (unpaired) electrons. The molecule has 0 saturated carbocycles. The number of aliphatic carboxylic acids is 1. The molecule has 29 heavy (non-hydrogen) atoms. The zero-order valence-corrected chi connectivity index (χ0v) is 17.7. The molecular weight excluding hydrogens is 427 g/mol. The summed E-state index contributed by atoms with van der Waals surface area (Å²) in [4.78, 5) is 11.3. The maximum atomic E-state index is 11.3. The Bertz CT molecular complexity index is 720. The first-order valence-corrected chi connectivity index (χ1v) is 9.64. The van der Waals surface area contributed by atoms with E-state index in [-0.39, 0.29) is 27.8 Å². The molecule has 1 aliphatic rings. The summed E-state index contributed by atoms with van der Waals surface area (Å²) < 4.78 is 11.0. The Morgan fingerprint density at radius 3 is 2.24 bits per heavy atom. The number of halogens is 2. The number of nitrogen functional groups attached to an aromatic ring is 1. The predicted molar refractivity (Wildman–Crippen MR) is 107 cm³/mol. The van der Waals surface area contributed by atoms with Crippen LogP contribution >= 0.6 is 23.2 Å². The summed E-state index contributed by atoms with van der Waals surface area (Å²) in [6.45, 7) is 6.00. The molecule has 1 unspecified atom stereocenters. The predicted octanol–water partition coefficient (Wildman–Crippen LogP) is 0.914. The van der Waals surface area contributed by atoms with Crippen molar-refractivity contribution in [3.8, 4) is 0 Å². The van der Waals surface area contributed by atoms with Gasteiger partial charge in [-0.2, -0.15) is 0 Å². The van der Waals surface area contributed by atoms with Crippen molar-refractivity contribution < 1.29 is 34.7 Å². The molecule has 164 valence electrons. The maximum Gasteiger partial charge on any atom is 0.335 e. The standard InChI is InChI=1S/C18H26Cl2N2O7/c1-18(2,3)22-6-10(7-4-8(19)11(21)9(20)5-7)28-17-14(25)12(23)13(24)15(29-17)16(26)27/h4-5,10,12-15,17,22-25H,6,21H2,1-3H3,(H,26,27)/t10?,12-,13-,14+,15-,17+/m0/s1. The summed E-state index contributed by atoms with van der Waals surface area (Å²) in [5.41, 5.74) is 6.16. The molecule has 0 bridgehead atoms. The number of benzene rings is 1.